The summed E-state index contributed by atoms with van der Waals surface area (Å²) < 4.78 is 5.48. The average molecular weight is 372 g/mol. The number of rotatable bonds is 7. The first-order chi connectivity index (χ1) is 13.1. The first-order valence-electron chi connectivity index (χ1n) is 9.75. The molecule has 0 bridgehead atoms. The first-order valence-corrected chi connectivity index (χ1v) is 9.75. The summed E-state index contributed by atoms with van der Waals surface area (Å²) in [5.41, 5.74) is 1.50. The number of amides is 2. The van der Waals surface area contributed by atoms with E-state index in [0.717, 1.165) is 37.9 Å². The maximum Gasteiger partial charge on any atom is 0.278 e. The average Bonchev–Trinajstić information content (AvgIpc) is 2.94. The zero-order valence-electron chi connectivity index (χ0n) is 16.1. The fraction of sp³-hybridized carbons (Fsp3) is 0.524. The van der Waals surface area contributed by atoms with E-state index in [9.17, 15) is 14.7 Å². The molecule has 0 aromatic heterocycles. The van der Waals surface area contributed by atoms with Gasteiger partial charge in [-0.3, -0.25) is 14.5 Å². The minimum atomic E-state index is -0.244. The minimum absolute atomic E-state index is 0.0310. The molecule has 0 unspecified atom stereocenters. The molecule has 2 aliphatic rings. The van der Waals surface area contributed by atoms with Crippen LogP contribution in [0.25, 0.3) is 5.57 Å². The van der Waals surface area contributed by atoms with Gasteiger partial charge in [-0.25, -0.2) is 0 Å². The molecule has 1 aliphatic carbocycles. The Morgan fingerprint density at radius 1 is 1.11 bits per heavy atom. The van der Waals surface area contributed by atoms with Gasteiger partial charge in [-0.2, -0.15) is 0 Å². The van der Waals surface area contributed by atoms with Crippen molar-refractivity contribution >= 4 is 17.4 Å². The third-order valence-electron chi connectivity index (χ3n) is 5.30. The van der Waals surface area contributed by atoms with E-state index in [1.807, 2.05) is 31.2 Å². The van der Waals surface area contributed by atoms with Crippen molar-refractivity contribution in [2.75, 3.05) is 26.8 Å². The van der Waals surface area contributed by atoms with Crippen molar-refractivity contribution in [2.24, 2.45) is 0 Å². The number of nitrogens with zero attached hydrogens (tertiary/aromatic N) is 2. The second kappa shape index (κ2) is 8.57. The number of ether oxygens (including phenoxy) is 1. The molecule has 2 amide bonds. The second-order valence-electron chi connectivity index (χ2n) is 7.10. The zero-order chi connectivity index (χ0) is 19.4. The highest BCUT2D eigenvalue weighted by atomic mass is 16.5. The Morgan fingerprint density at radius 3 is 2.37 bits per heavy atom. The van der Waals surface area contributed by atoms with Crippen LogP contribution >= 0.6 is 0 Å². The van der Waals surface area contributed by atoms with Gasteiger partial charge in [0.15, 0.2) is 0 Å². The molecule has 0 spiro atoms. The monoisotopic (exact) mass is 372 g/mol. The lowest BCUT2D eigenvalue weighted by Crippen LogP contribution is -2.43. The lowest BCUT2D eigenvalue weighted by atomic mass is 9.94. The van der Waals surface area contributed by atoms with E-state index in [-0.39, 0.29) is 24.5 Å². The number of carbonyl (C=O) groups excluding carboxylic acids is 2. The number of likely N-dealkylation sites (N-methyl/N-ethyl adjacent to an activating group) is 1. The van der Waals surface area contributed by atoms with Gasteiger partial charge in [0.05, 0.1) is 18.8 Å². The van der Waals surface area contributed by atoms with Crippen LogP contribution in [0.2, 0.25) is 0 Å². The predicted molar refractivity (Wildman–Crippen MR) is 103 cm³/mol. The number of carbonyl (C=O) groups is 2. The number of hydrogen-bond acceptors (Lipinski definition) is 5. The van der Waals surface area contributed by atoms with E-state index in [0.29, 0.717) is 30.0 Å². The van der Waals surface area contributed by atoms with E-state index in [4.69, 9.17) is 4.74 Å². The molecule has 0 atom stereocenters. The molecular formula is C21H28N2O4. The Kier molecular flexibility index (Phi) is 6.16. The Balaban J connectivity index is 1.98. The molecular weight excluding hydrogens is 344 g/mol. The van der Waals surface area contributed by atoms with Crippen LogP contribution in [0.4, 0.5) is 0 Å². The molecule has 6 nitrogen and oxygen atoms in total. The van der Waals surface area contributed by atoms with Gasteiger partial charge >= 0.3 is 0 Å². The molecule has 1 N–H and O–H groups in total. The van der Waals surface area contributed by atoms with Crippen molar-refractivity contribution < 1.29 is 19.4 Å². The van der Waals surface area contributed by atoms with Gasteiger partial charge in [0, 0.05) is 19.6 Å². The maximum absolute atomic E-state index is 13.3. The van der Waals surface area contributed by atoms with Crippen LogP contribution in [0.3, 0.4) is 0 Å². The Labute approximate surface area is 160 Å². The van der Waals surface area contributed by atoms with Gasteiger partial charge in [-0.1, -0.05) is 31.4 Å². The van der Waals surface area contributed by atoms with E-state index in [1.165, 1.54) is 4.90 Å². The normalized spacial score (nSPS) is 18.4. The van der Waals surface area contributed by atoms with Gasteiger partial charge in [0.25, 0.3) is 11.8 Å². The molecule has 0 radical (unpaired) electrons. The van der Waals surface area contributed by atoms with Crippen LogP contribution in [0.15, 0.2) is 30.0 Å². The summed E-state index contributed by atoms with van der Waals surface area (Å²) in [5.74, 6) is 0.260. The van der Waals surface area contributed by atoms with E-state index in [2.05, 4.69) is 0 Å². The lowest BCUT2D eigenvalue weighted by Gasteiger charge is -2.30. The number of benzene rings is 1. The fourth-order valence-corrected chi connectivity index (χ4v) is 3.97. The number of aliphatic hydroxyl groups excluding tert-OH is 1. The topological polar surface area (TPSA) is 70.1 Å². The molecule has 0 saturated heterocycles. The van der Waals surface area contributed by atoms with E-state index < -0.39 is 0 Å². The van der Waals surface area contributed by atoms with Crippen molar-refractivity contribution in [3.63, 3.8) is 0 Å². The third-order valence-corrected chi connectivity index (χ3v) is 5.30. The Morgan fingerprint density at radius 2 is 1.78 bits per heavy atom. The van der Waals surface area contributed by atoms with E-state index in [1.54, 1.807) is 11.9 Å². The van der Waals surface area contributed by atoms with Crippen LogP contribution in [0.1, 0.15) is 44.6 Å². The van der Waals surface area contributed by atoms with Gasteiger partial charge < -0.3 is 14.7 Å². The van der Waals surface area contributed by atoms with Gasteiger partial charge in [0.2, 0.25) is 0 Å². The maximum atomic E-state index is 13.3. The molecule has 1 fully saturated rings. The summed E-state index contributed by atoms with van der Waals surface area (Å²) >= 11 is 0. The van der Waals surface area contributed by atoms with Crippen LogP contribution < -0.4 is 4.74 Å². The smallest absolute Gasteiger partial charge is 0.278 e. The molecule has 1 heterocycles. The van der Waals surface area contributed by atoms with Crippen LogP contribution in [-0.2, 0) is 9.59 Å². The Bertz CT molecular complexity index is 720. The predicted octanol–water partition coefficient (Wildman–Crippen LogP) is 2.42. The minimum Gasteiger partial charge on any atom is -0.494 e. The highest BCUT2D eigenvalue weighted by molar-refractivity contribution is 6.35. The number of imide groups is 1. The number of hydrogen-bond donors (Lipinski definition) is 1. The quantitative estimate of drug-likeness (QED) is 0.745. The Hall–Kier alpha value is -2.34. The standard InChI is InChI=1S/C21H28N2O4/c1-3-27-17-11-9-15(10-12-17)18-19(22(2)13-14-24)21(26)23(20(18)25)16-7-5-4-6-8-16/h9-12,16,24H,3-8,13-14H2,1-2H3. The molecule has 1 aromatic rings. The van der Waals surface area contributed by atoms with E-state index >= 15 is 0 Å². The lowest BCUT2D eigenvalue weighted by molar-refractivity contribution is -0.140. The van der Waals surface area contributed by atoms with Crippen molar-refractivity contribution in [3.05, 3.63) is 35.5 Å². The molecule has 1 saturated carbocycles. The summed E-state index contributed by atoms with van der Waals surface area (Å²) in [6, 6.07) is 7.25. The van der Waals surface area contributed by atoms with Crippen molar-refractivity contribution in [3.8, 4) is 5.75 Å². The van der Waals surface area contributed by atoms with Crippen LogP contribution in [0.5, 0.6) is 5.75 Å². The van der Waals surface area contributed by atoms with Crippen LogP contribution in [-0.4, -0.2) is 59.6 Å². The third kappa shape index (κ3) is 3.86. The largest absolute Gasteiger partial charge is 0.494 e. The fourth-order valence-electron chi connectivity index (χ4n) is 3.97. The molecule has 3 rings (SSSR count). The molecule has 146 valence electrons. The molecule has 27 heavy (non-hydrogen) atoms. The van der Waals surface area contributed by atoms with Crippen LogP contribution in [0, 0.1) is 0 Å². The summed E-state index contributed by atoms with van der Waals surface area (Å²) in [7, 11) is 1.75. The molecule has 1 aromatic carbocycles. The zero-order valence-corrected chi connectivity index (χ0v) is 16.1. The highest BCUT2D eigenvalue weighted by Crippen LogP contribution is 2.36. The van der Waals surface area contributed by atoms with Gasteiger partial charge in [0.1, 0.15) is 11.4 Å². The second-order valence-corrected chi connectivity index (χ2v) is 7.10. The molecule has 6 heteroatoms. The number of aliphatic hydroxyl groups is 1. The van der Waals surface area contributed by atoms with Crippen molar-refractivity contribution in [1.82, 2.24) is 9.80 Å². The summed E-state index contributed by atoms with van der Waals surface area (Å²) in [5, 5.41) is 9.33. The van der Waals surface area contributed by atoms with Crippen molar-refractivity contribution in [2.45, 2.75) is 45.1 Å². The van der Waals surface area contributed by atoms with Crippen molar-refractivity contribution in [1.29, 1.82) is 0 Å². The molecule has 1 aliphatic heterocycles. The highest BCUT2D eigenvalue weighted by Gasteiger charge is 2.44. The first kappa shape index (κ1) is 19.4. The summed E-state index contributed by atoms with van der Waals surface area (Å²) in [6.07, 6.45) is 4.98. The van der Waals surface area contributed by atoms with Gasteiger partial charge in [-0.15, -0.1) is 0 Å². The summed E-state index contributed by atoms with van der Waals surface area (Å²) in [6.45, 7) is 2.70. The van der Waals surface area contributed by atoms with Gasteiger partial charge in [-0.05, 0) is 37.5 Å². The SMILES string of the molecule is CCOc1ccc(C2=C(N(C)CCO)C(=O)N(C3CCCCC3)C2=O)cc1. The summed E-state index contributed by atoms with van der Waals surface area (Å²) in [4.78, 5) is 29.6.